The van der Waals surface area contributed by atoms with E-state index in [0.717, 1.165) is 0 Å². The van der Waals surface area contributed by atoms with Gasteiger partial charge in [-0.1, -0.05) is 20.8 Å². The highest BCUT2D eigenvalue weighted by Gasteiger charge is 1.95. The molecule has 2 heteroatoms. The Labute approximate surface area is 45.9 Å². The van der Waals surface area contributed by atoms with Crippen LogP contribution in [0, 0.1) is 0 Å². The fourth-order valence-electron chi connectivity index (χ4n) is 0. The van der Waals surface area contributed by atoms with Gasteiger partial charge >= 0.3 is 0 Å². The van der Waals surface area contributed by atoms with Crippen LogP contribution in [0.1, 0.15) is 20.8 Å². The highest BCUT2D eigenvalue weighted by Crippen LogP contribution is 2.12. The second-order valence-corrected chi connectivity index (χ2v) is 4.10. The van der Waals surface area contributed by atoms with E-state index in [1.54, 1.807) is 0 Å². The van der Waals surface area contributed by atoms with Crippen molar-refractivity contribution in [3.63, 3.8) is 0 Å². The second kappa shape index (κ2) is 2.94. The molecule has 0 N–H and O–H groups in total. The van der Waals surface area contributed by atoms with Crippen LogP contribution in [0.3, 0.4) is 0 Å². The first-order chi connectivity index (χ1) is 2.00. The molecular formula is C4H14P2. The molecule has 0 nitrogen and oxygen atoms in total. The van der Waals surface area contributed by atoms with E-state index in [1.165, 1.54) is 0 Å². The predicted octanol–water partition coefficient (Wildman–Crippen LogP) is 1.72. The molecule has 0 saturated carbocycles. The van der Waals surface area contributed by atoms with Crippen LogP contribution in [-0.2, 0) is 0 Å². The van der Waals surface area contributed by atoms with Gasteiger partial charge in [0.15, 0.2) is 0 Å². The zero-order chi connectivity index (χ0) is 4.50. The first kappa shape index (κ1) is 9.97. The zero-order valence-electron chi connectivity index (χ0n) is 4.78. The lowest BCUT2D eigenvalue weighted by Gasteiger charge is -2.05. The van der Waals surface area contributed by atoms with Gasteiger partial charge in [0, 0.05) is 0 Å². The summed E-state index contributed by atoms with van der Waals surface area (Å²) < 4.78 is 0. The van der Waals surface area contributed by atoms with Gasteiger partial charge in [0.25, 0.3) is 0 Å². The van der Waals surface area contributed by atoms with Crippen molar-refractivity contribution >= 4 is 19.1 Å². The Morgan fingerprint density at radius 2 is 1.17 bits per heavy atom. The molecule has 0 heterocycles. The molecule has 0 aliphatic carbocycles. The molecule has 0 aromatic heterocycles. The Morgan fingerprint density at radius 3 is 1.17 bits per heavy atom. The Bertz CT molecular complexity index is 21.0. The van der Waals surface area contributed by atoms with E-state index in [4.69, 9.17) is 0 Å². The average Bonchev–Trinajstić information content (AvgIpc) is 0.722. The molecule has 0 aliphatic heterocycles. The molecule has 0 fully saturated rings. The molecule has 0 aromatic carbocycles. The minimum absolute atomic E-state index is 0. The van der Waals surface area contributed by atoms with Crippen molar-refractivity contribution in [2.45, 2.75) is 25.9 Å². The maximum atomic E-state index is 2.72. The van der Waals surface area contributed by atoms with Gasteiger partial charge in [-0.05, 0) is 5.16 Å². The summed E-state index contributed by atoms with van der Waals surface area (Å²) in [6.07, 6.45) is 0. The third kappa shape index (κ3) is 97.9. The van der Waals surface area contributed by atoms with Crippen LogP contribution in [0.15, 0.2) is 0 Å². The van der Waals surface area contributed by atoms with Gasteiger partial charge < -0.3 is 0 Å². The molecule has 2 unspecified atom stereocenters. The number of hydrogen-bond acceptors (Lipinski definition) is 0. The van der Waals surface area contributed by atoms with Gasteiger partial charge in [-0.2, -0.15) is 9.90 Å². The minimum Gasteiger partial charge on any atom is -0.153 e. The van der Waals surface area contributed by atoms with Crippen LogP contribution in [0.25, 0.3) is 0 Å². The van der Waals surface area contributed by atoms with Crippen molar-refractivity contribution in [2.75, 3.05) is 0 Å². The molecule has 0 aromatic rings. The summed E-state index contributed by atoms with van der Waals surface area (Å²) in [6.45, 7) is 6.45. The summed E-state index contributed by atoms with van der Waals surface area (Å²) in [5.41, 5.74) is 0. The first-order valence-corrected chi connectivity index (χ1v) is 2.37. The summed E-state index contributed by atoms with van der Waals surface area (Å²) in [4.78, 5) is 0. The predicted molar refractivity (Wildman–Crippen MR) is 40.6 cm³/mol. The van der Waals surface area contributed by atoms with E-state index in [-0.39, 0.29) is 9.90 Å². The summed E-state index contributed by atoms with van der Waals surface area (Å²) >= 11 is 0. The van der Waals surface area contributed by atoms with Crippen LogP contribution >= 0.6 is 19.1 Å². The quantitative estimate of drug-likeness (QED) is 0.431. The van der Waals surface area contributed by atoms with Crippen molar-refractivity contribution in [3.05, 3.63) is 0 Å². The fraction of sp³-hybridized carbons (Fsp3) is 1.00. The van der Waals surface area contributed by atoms with E-state index in [9.17, 15) is 0 Å². The van der Waals surface area contributed by atoms with E-state index in [0.29, 0.717) is 5.16 Å². The molecule has 6 heavy (non-hydrogen) atoms. The monoisotopic (exact) mass is 124 g/mol. The summed E-state index contributed by atoms with van der Waals surface area (Å²) in [5, 5.41) is 0.417. The molecule has 0 saturated heterocycles. The van der Waals surface area contributed by atoms with Crippen molar-refractivity contribution in [2.24, 2.45) is 0 Å². The van der Waals surface area contributed by atoms with Crippen molar-refractivity contribution < 1.29 is 0 Å². The molecule has 0 aliphatic rings. The molecule has 0 rings (SSSR count). The molecule has 0 bridgehead atoms. The van der Waals surface area contributed by atoms with Gasteiger partial charge in [-0.15, -0.1) is 9.24 Å². The smallest absolute Gasteiger partial charge is 0.0235 e. The molecule has 40 valence electrons. The maximum Gasteiger partial charge on any atom is -0.0235 e. The third-order valence-corrected chi connectivity index (χ3v) is 0. The standard InChI is InChI=1S/C4H11P.H3P/c1-4(2,3)5;/h5H2,1-3H3;1H3. The molecule has 0 amide bonds. The van der Waals surface area contributed by atoms with Crippen molar-refractivity contribution in [1.29, 1.82) is 0 Å². The largest absolute Gasteiger partial charge is 0.153 e. The zero-order valence-corrected chi connectivity index (χ0v) is 7.35. The van der Waals surface area contributed by atoms with Gasteiger partial charge in [-0.25, -0.2) is 0 Å². The number of rotatable bonds is 0. The maximum absolute atomic E-state index is 2.72. The Kier molecular flexibility index (Phi) is 4.89. The Morgan fingerprint density at radius 1 is 1.17 bits per heavy atom. The molecule has 0 spiro atoms. The van der Waals surface area contributed by atoms with Crippen LogP contribution in [0.2, 0.25) is 0 Å². The van der Waals surface area contributed by atoms with Crippen LogP contribution in [0.4, 0.5) is 0 Å². The van der Waals surface area contributed by atoms with Crippen LogP contribution < -0.4 is 0 Å². The highest BCUT2D eigenvalue weighted by molar-refractivity contribution is 7.18. The van der Waals surface area contributed by atoms with Gasteiger partial charge in [0.1, 0.15) is 0 Å². The lowest BCUT2D eigenvalue weighted by atomic mass is 10.3. The summed E-state index contributed by atoms with van der Waals surface area (Å²) in [5.74, 6) is 0. The Hall–Kier alpha value is 0.860. The molecule has 0 radical (unpaired) electrons. The first-order valence-electron chi connectivity index (χ1n) is 1.79. The topological polar surface area (TPSA) is 0 Å². The van der Waals surface area contributed by atoms with Gasteiger partial charge in [0.2, 0.25) is 0 Å². The van der Waals surface area contributed by atoms with E-state index in [2.05, 4.69) is 30.0 Å². The van der Waals surface area contributed by atoms with Crippen LogP contribution in [0.5, 0.6) is 0 Å². The van der Waals surface area contributed by atoms with Crippen molar-refractivity contribution in [3.8, 4) is 0 Å². The molecule has 2 atom stereocenters. The van der Waals surface area contributed by atoms with Gasteiger partial charge in [0.05, 0.1) is 0 Å². The van der Waals surface area contributed by atoms with Gasteiger partial charge in [-0.3, -0.25) is 0 Å². The Balaban J connectivity index is 0. The summed E-state index contributed by atoms with van der Waals surface area (Å²) in [6, 6.07) is 0. The normalized spacial score (nSPS) is 10.0. The lowest BCUT2D eigenvalue weighted by molar-refractivity contribution is 0.804. The minimum atomic E-state index is 0. The van der Waals surface area contributed by atoms with E-state index in [1.807, 2.05) is 0 Å². The SMILES string of the molecule is CC(C)(C)P.P. The second-order valence-electron chi connectivity index (χ2n) is 2.37. The third-order valence-electron chi connectivity index (χ3n) is 0. The van der Waals surface area contributed by atoms with Crippen LogP contribution in [-0.4, -0.2) is 5.16 Å². The lowest BCUT2D eigenvalue weighted by Crippen LogP contribution is -1.97. The van der Waals surface area contributed by atoms with E-state index < -0.39 is 0 Å². The highest BCUT2D eigenvalue weighted by atomic mass is 31.0. The number of hydrogen-bond donors (Lipinski definition) is 0. The summed E-state index contributed by atoms with van der Waals surface area (Å²) in [7, 11) is 2.72. The van der Waals surface area contributed by atoms with E-state index >= 15 is 0 Å². The van der Waals surface area contributed by atoms with Crippen molar-refractivity contribution in [1.82, 2.24) is 0 Å². The molecular weight excluding hydrogens is 110 g/mol. The fourth-order valence-corrected chi connectivity index (χ4v) is 0. The average molecular weight is 124 g/mol.